The largest absolute Gasteiger partial charge is 0.484 e. The van der Waals surface area contributed by atoms with Gasteiger partial charge in [0.2, 0.25) is 0 Å². The molecule has 0 aliphatic carbocycles. The van der Waals surface area contributed by atoms with Crippen molar-refractivity contribution >= 4 is 0 Å². The molecular formula is C17H19N5O. The molecule has 0 atom stereocenters. The van der Waals surface area contributed by atoms with Gasteiger partial charge in [0.15, 0.2) is 11.6 Å². The Morgan fingerprint density at radius 2 is 1.96 bits per heavy atom. The zero-order valence-corrected chi connectivity index (χ0v) is 13.5. The first-order chi connectivity index (χ1) is 11.2. The summed E-state index contributed by atoms with van der Waals surface area (Å²) in [4.78, 5) is 13.3. The Morgan fingerprint density at radius 3 is 2.70 bits per heavy atom. The van der Waals surface area contributed by atoms with Gasteiger partial charge in [-0.15, -0.1) is 5.10 Å². The lowest BCUT2D eigenvalue weighted by Gasteiger charge is -2.10. The van der Waals surface area contributed by atoms with Crippen LogP contribution in [0.4, 0.5) is 0 Å². The summed E-state index contributed by atoms with van der Waals surface area (Å²) in [6.45, 7) is 6.21. The lowest BCUT2D eigenvalue weighted by Crippen LogP contribution is -2.09. The molecule has 3 rings (SSSR count). The van der Waals surface area contributed by atoms with Crippen molar-refractivity contribution in [3.63, 3.8) is 0 Å². The van der Waals surface area contributed by atoms with Gasteiger partial charge >= 0.3 is 0 Å². The summed E-state index contributed by atoms with van der Waals surface area (Å²) < 4.78 is 7.64. The fourth-order valence-corrected chi connectivity index (χ4v) is 2.34. The molecule has 3 aromatic heterocycles. The van der Waals surface area contributed by atoms with Gasteiger partial charge in [-0.3, -0.25) is 4.98 Å². The van der Waals surface area contributed by atoms with Gasteiger partial charge < -0.3 is 4.74 Å². The van der Waals surface area contributed by atoms with Crippen LogP contribution in [0.2, 0.25) is 0 Å². The van der Waals surface area contributed by atoms with Gasteiger partial charge in [-0.1, -0.05) is 13.0 Å². The number of aryl methyl sites for hydroxylation is 3. The molecular weight excluding hydrogens is 290 g/mol. The SMILES string of the molecule is CCc1nc(C)ccc1OCc1nc(C)nn1-c1ccccn1. The Bertz CT molecular complexity index is 798. The maximum absolute atomic E-state index is 5.93. The van der Waals surface area contributed by atoms with Gasteiger partial charge in [-0.25, -0.2) is 9.97 Å². The molecule has 0 fully saturated rings. The maximum Gasteiger partial charge on any atom is 0.171 e. The van der Waals surface area contributed by atoms with E-state index in [1.807, 2.05) is 44.2 Å². The average Bonchev–Trinajstić information content (AvgIpc) is 2.95. The van der Waals surface area contributed by atoms with Crippen LogP contribution in [0.3, 0.4) is 0 Å². The summed E-state index contributed by atoms with van der Waals surface area (Å²) in [5.41, 5.74) is 1.94. The van der Waals surface area contributed by atoms with E-state index in [1.54, 1.807) is 10.9 Å². The van der Waals surface area contributed by atoms with Gasteiger partial charge in [0.25, 0.3) is 0 Å². The quantitative estimate of drug-likeness (QED) is 0.725. The van der Waals surface area contributed by atoms with Crippen molar-refractivity contribution in [1.29, 1.82) is 0 Å². The highest BCUT2D eigenvalue weighted by atomic mass is 16.5. The van der Waals surface area contributed by atoms with Crippen LogP contribution < -0.4 is 4.74 Å². The molecule has 0 spiro atoms. The Kier molecular flexibility index (Phi) is 4.32. The molecule has 0 bridgehead atoms. The minimum absolute atomic E-state index is 0.315. The van der Waals surface area contributed by atoms with Crippen molar-refractivity contribution in [3.8, 4) is 11.6 Å². The van der Waals surface area contributed by atoms with E-state index >= 15 is 0 Å². The molecule has 23 heavy (non-hydrogen) atoms. The first kappa shape index (κ1) is 15.1. The molecule has 0 unspecified atom stereocenters. The third-order valence-electron chi connectivity index (χ3n) is 3.41. The van der Waals surface area contributed by atoms with E-state index in [0.717, 1.165) is 29.4 Å². The molecule has 0 aliphatic heterocycles. The monoisotopic (exact) mass is 309 g/mol. The first-order valence-electron chi connectivity index (χ1n) is 7.60. The molecule has 0 aromatic carbocycles. The van der Waals surface area contributed by atoms with Crippen molar-refractivity contribution in [3.05, 3.63) is 59.6 Å². The molecule has 0 amide bonds. The van der Waals surface area contributed by atoms with Gasteiger partial charge in [0, 0.05) is 11.9 Å². The summed E-state index contributed by atoms with van der Waals surface area (Å²) in [6, 6.07) is 9.58. The second-order valence-corrected chi connectivity index (χ2v) is 5.21. The van der Waals surface area contributed by atoms with Crippen LogP contribution in [-0.4, -0.2) is 24.7 Å². The van der Waals surface area contributed by atoms with Crippen molar-refractivity contribution in [2.24, 2.45) is 0 Å². The molecule has 0 aliphatic rings. The molecule has 3 aromatic rings. The zero-order chi connectivity index (χ0) is 16.2. The van der Waals surface area contributed by atoms with Crippen LogP contribution >= 0.6 is 0 Å². The summed E-state index contributed by atoms with van der Waals surface area (Å²) in [6.07, 6.45) is 2.55. The number of aromatic nitrogens is 5. The summed E-state index contributed by atoms with van der Waals surface area (Å²) in [7, 11) is 0. The summed E-state index contributed by atoms with van der Waals surface area (Å²) in [5.74, 6) is 2.91. The van der Waals surface area contributed by atoms with E-state index in [0.29, 0.717) is 18.3 Å². The molecule has 3 heterocycles. The highest BCUT2D eigenvalue weighted by molar-refractivity contribution is 5.29. The van der Waals surface area contributed by atoms with Crippen LogP contribution in [0.25, 0.3) is 5.82 Å². The van der Waals surface area contributed by atoms with Crippen molar-refractivity contribution in [1.82, 2.24) is 24.7 Å². The van der Waals surface area contributed by atoms with Gasteiger partial charge in [-0.2, -0.15) is 4.68 Å². The Labute approximate surface area is 135 Å². The maximum atomic E-state index is 5.93. The highest BCUT2D eigenvalue weighted by Crippen LogP contribution is 2.19. The van der Waals surface area contributed by atoms with Crippen LogP contribution in [0.15, 0.2) is 36.5 Å². The standard InChI is InChI=1S/C17H19N5O/c1-4-14-15(9-8-12(2)19-14)23-11-17-20-13(3)21-22(17)16-7-5-6-10-18-16/h5-10H,4,11H2,1-3H3. The van der Waals surface area contributed by atoms with E-state index < -0.39 is 0 Å². The van der Waals surface area contributed by atoms with Crippen molar-refractivity contribution < 1.29 is 4.74 Å². The van der Waals surface area contributed by atoms with E-state index in [2.05, 4.69) is 27.0 Å². The molecule has 6 heteroatoms. The van der Waals surface area contributed by atoms with Gasteiger partial charge in [-0.05, 0) is 44.5 Å². The normalized spacial score (nSPS) is 10.7. The number of nitrogens with zero attached hydrogens (tertiary/aromatic N) is 5. The van der Waals surface area contributed by atoms with E-state index in [4.69, 9.17) is 4.74 Å². The predicted octanol–water partition coefficient (Wildman–Crippen LogP) is 2.82. The van der Waals surface area contributed by atoms with E-state index in [-0.39, 0.29) is 0 Å². The Balaban J connectivity index is 1.85. The second kappa shape index (κ2) is 6.56. The fraction of sp³-hybridized carbons (Fsp3) is 0.294. The first-order valence-corrected chi connectivity index (χ1v) is 7.60. The van der Waals surface area contributed by atoms with Crippen LogP contribution in [0.1, 0.15) is 30.0 Å². The van der Waals surface area contributed by atoms with Gasteiger partial charge in [0.1, 0.15) is 18.2 Å². The predicted molar refractivity (Wildman–Crippen MR) is 86.6 cm³/mol. The summed E-state index contributed by atoms with van der Waals surface area (Å²) in [5, 5.41) is 4.40. The number of hydrogen-bond acceptors (Lipinski definition) is 5. The number of rotatable bonds is 5. The van der Waals surface area contributed by atoms with E-state index in [1.165, 1.54) is 0 Å². The van der Waals surface area contributed by atoms with Crippen LogP contribution in [-0.2, 0) is 13.0 Å². The van der Waals surface area contributed by atoms with E-state index in [9.17, 15) is 0 Å². The zero-order valence-electron chi connectivity index (χ0n) is 13.5. The molecule has 0 saturated carbocycles. The fourth-order valence-electron chi connectivity index (χ4n) is 2.34. The number of hydrogen-bond donors (Lipinski definition) is 0. The smallest absolute Gasteiger partial charge is 0.171 e. The second-order valence-electron chi connectivity index (χ2n) is 5.21. The lowest BCUT2D eigenvalue weighted by molar-refractivity contribution is 0.288. The van der Waals surface area contributed by atoms with Crippen molar-refractivity contribution in [2.45, 2.75) is 33.8 Å². The summed E-state index contributed by atoms with van der Waals surface area (Å²) >= 11 is 0. The molecule has 0 N–H and O–H groups in total. The lowest BCUT2D eigenvalue weighted by atomic mass is 10.2. The van der Waals surface area contributed by atoms with Gasteiger partial charge in [0.05, 0.1) is 5.69 Å². The molecule has 0 saturated heterocycles. The molecule has 118 valence electrons. The van der Waals surface area contributed by atoms with Crippen LogP contribution in [0.5, 0.6) is 5.75 Å². The minimum Gasteiger partial charge on any atom is -0.484 e. The molecule has 6 nitrogen and oxygen atoms in total. The Hall–Kier alpha value is -2.76. The minimum atomic E-state index is 0.315. The Morgan fingerprint density at radius 1 is 1.09 bits per heavy atom. The topological polar surface area (TPSA) is 65.7 Å². The van der Waals surface area contributed by atoms with Crippen molar-refractivity contribution in [2.75, 3.05) is 0 Å². The number of pyridine rings is 2. The van der Waals surface area contributed by atoms with Crippen LogP contribution in [0, 0.1) is 13.8 Å². The third-order valence-corrected chi connectivity index (χ3v) is 3.41. The molecule has 0 radical (unpaired) electrons. The third kappa shape index (κ3) is 3.36. The highest BCUT2D eigenvalue weighted by Gasteiger charge is 2.12. The average molecular weight is 309 g/mol. The number of ether oxygens (including phenoxy) is 1.